The van der Waals surface area contributed by atoms with E-state index in [0.717, 1.165) is 28.1 Å². The number of carbonyl (C=O) groups is 1. The van der Waals surface area contributed by atoms with Crippen molar-refractivity contribution in [2.45, 2.75) is 20.4 Å². The van der Waals surface area contributed by atoms with Crippen molar-refractivity contribution in [3.05, 3.63) is 77.1 Å². The van der Waals surface area contributed by atoms with Crippen molar-refractivity contribution in [1.82, 2.24) is 9.97 Å². The Labute approximate surface area is 158 Å². The molecule has 3 aromatic rings. The molecule has 0 saturated carbocycles. The maximum atomic E-state index is 12.5. The normalized spacial score (nSPS) is 10.3. The lowest BCUT2D eigenvalue weighted by Gasteiger charge is -2.11. The minimum Gasteiger partial charge on any atom is -0.497 e. The van der Waals surface area contributed by atoms with E-state index in [9.17, 15) is 4.79 Å². The molecule has 0 saturated heterocycles. The van der Waals surface area contributed by atoms with Crippen LogP contribution in [0.2, 0.25) is 0 Å². The topological polar surface area (TPSA) is 76.1 Å². The first kappa shape index (κ1) is 18.4. The Balaban J connectivity index is 1.67. The maximum absolute atomic E-state index is 12.5. The summed E-state index contributed by atoms with van der Waals surface area (Å²) >= 11 is 0. The van der Waals surface area contributed by atoms with E-state index in [2.05, 4.69) is 20.6 Å². The van der Waals surface area contributed by atoms with Gasteiger partial charge < -0.3 is 15.4 Å². The standard InChI is InChI=1S/C21H22N4O2/c1-14-5-4-6-18(15(14)2)24-20(26)19-11-12-22-21(25-19)23-13-16-7-9-17(27-3)10-8-16/h4-12H,13H2,1-3H3,(H,24,26)(H,22,23,25). The molecule has 6 nitrogen and oxygen atoms in total. The van der Waals surface area contributed by atoms with Crippen LogP contribution in [0.3, 0.4) is 0 Å². The lowest BCUT2D eigenvalue weighted by Crippen LogP contribution is -2.16. The molecular weight excluding hydrogens is 340 g/mol. The first-order chi connectivity index (χ1) is 13.1. The molecule has 0 atom stereocenters. The molecule has 138 valence electrons. The highest BCUT2D eigenvalue weighted by molar-refractivity contribution is 6.03. The van der Waals surface area contributed by atoms with E-state index in [1.54, 1.807) is 19.4 Å². The van der Waals surface area contributed by atoms with Gasteiger partial charge in [-0.05, 0) is 54.8 Å². The van der Waals surface area contributed by atoms with Crippen LogP contribution in [-0.4, -0.2) is 23.0 Å². The highest BCUT2D eigenvalue weighted by Gasteiger charge is 2.11. The van der Waals surface area contributed by atoms with Crippen LogP contribution in [0.15, 0.2) is 54.7 Å². The Morgan fingerprint density at radius 3 is 2.59 bits per heavy atom. The summed E-state index contributed by atoms with van der Waals surface area (Å²) in [5.74, 6) is 0.943. The lowest BCUT2D eigenvalue weighted by atomic mass is 10.1. The summed E-state index contributed by atoms with van der Waals surface area (Å²) in [5, 5.41) is 6.05. The molecule has 2 N–H and O–H groups in total. The third kappa shape index (κ3) is 4.61. The molecule has 0 radical (unpaired) electrons. The zero-order chi connectivity index (χ0) is 19.2. The monoisotopic (exact) mass is 362 g/mol. The zero-order valence-electron chi connectivity index (χ0n) is 15.6. The average Bonchev–Trinajstić information content (AvgIpc) is 2.70. The first-order valence-corrected chi connectivity index (χ1v) is 8.64. The summed E-state index contributed by atoms with van der Waals surface area (Å²) in [6, 6.07) is 15.1. The molecule has 6 heteroatoms. The fraction of sp³-hybridized carbons (Fsp3) is 0.190. The Bertz CT molecular complexity index is 939. The SMILES string of the molecule is COc1ccc(CNc2nccc(C(=O)Nc3cccc(C)c3C)n2)cc1. The molecule has 0 unspecified atom stereocenters. The summed E-state index contributed by atoms with van der Waals surface area (Å²) in [6.07, 6.45) is 1.57. The lowest BCUT2D eigenvalue weighted by molar-refractivity contribution is 0.102. The summed E-state index contributed by atoms with van der Waals surface area (Å²) in [4.78, 5) is 21.0. The number of nitrogens with one attached hydrogen (secondary N) is 2. The van der Waals surface area contributed by atoms with Gasteiger partial charge in [0.25, 0.3) is 5.91 Å². The largest absolute Gasteiger partial charge is 0.497 e. The van der Waals surface area contributed by atoms with Gasteiger partial charge in [0, 0.05) is 18.4 Å². The van der Waals surface area contributed by atoms with Crippen LogP contribution >= 0.6 is 0 Å². The minimum absolute atomic E-state index is 0.265. The van der Waals surface area contributed by atoms with Gasteiger partial charge in [0.2, 0.25) is 5.95 Å². The van der Waals surface area contributed by atoms with Crippen LogP contribution in [0.5, 0.6) is 5.75 Å². The number of rotatable bonds is 6. The second-order valence-corrected chi connectivity index (χ2v) is 6.17. The number of benzene rings is 2. The quantitative estimate of drug-likeness (QED) is 0.694. The molecule has 3 rings (SSSR count). The molecule has 0 fully saturated rings. The highest BCUT2D eigenvalue weighted by atomic mass is 16.5. The number of amides is 1. The molecule has 1 heterocycles. The van der Waals surface area contributed by atoms with Crippen molar-refractivity contribution in [3.8, 4) is 5.75 Å². The van der Waals surface area contributed by atoms with Crippen molar-refractivity contribution >= 4 is 17.5 Å². The predicted octanol–water partition coefficient (Wildman–Crippen LogP) is 3.97. The number of hydrogen-bond acceptors (Lipinski definition) is 5. The predicted molar refractivity (Wildman–Crippen MR) is 106 cm³/mol. The molecule has 27 heavy (non-hydrogen) atoms. The Kier molecular flexibility index (Phi) is 5.66. The number of aromatic nitrogens is 2. The summed E-state index contributed by atoms with van der Waals surface area (Å²) in [6.45, 7) is 4.54. The van der Waals surface area contributed by atoms with Crippen LogP contribution in [0.4, 0.5) is 11.6 Å². The molecule has 0 spiro atoms. The van der Waals surface area contributed by atoms with E-state index in [1.807, 2.05) is 56.3 Å². The van der Waals surface area contributed by atoms with Gasteiger partial charge >= 0.3 is 0 Å². The van der Waals surface area contributed by atoms with Crippen LogP contribution < -0.4 is 15.4 Å². The van der Waals surface area contributed by atoms with E-state index in [0.29, 0.717) is 18.2 Å². The van der Waals surface area contributed by atoms with Crippen molar-refractivity contribution in [2.75, 3.05) is 17.7 Å². The molecule has 1 amide bonds. The average molecular weight is 362 g/mol. The van der Waals surface area contributed by atoms with Crippen LogP contribution in [-0.2, 0) is 6.54 Å². The van der Waals surface area contributed by atoms with Gasteiger partial charge in [-0.2, -0.15) is 0 Å². The van der Waals surface area contributed by atoms with Gasteiger partial charge in [0.1, 0.15) is 11.4 Å². The van der Waals surface area contributed by atoms with Crippen LogP contribution in [0, 0.1) is 13.8 Å². The van der Waals surface area contributed by atoms with E-state index in [4.69, 9.17) is 4.74 Å². The van der Waals surface area contributed by atoms with Gasteiger partial charge in [-0.1, -0.05) is 24.3 Å². The van der Waals surface area contributed by atoms with Gasteiger partial charge in [-0.25, -0.2) is 9.97 Å². The van der Waals surface area contributed by atoms with Gasteiger partial charge in [-0.15, -0.1) is 0 Å². The molecule has 0 aliphatic heterocycles. The zero-order valence-corrected chi connectivity index (χ0v) is 15.6. The molecule has 1 aromatic heterocycles. The Morgan fingerprint density at radius 2 is 1.85 bits per heavy atom. The second kappa shape index (κ2) is 8.31. The number of nitrogens with zero attached hydrogens (tertiary/aromatic N) is 2. The smallest absolute Gasteiger partial charge is 0.274 e. The van der Waals surface area contributed by atoms with E-state index < -0.39 is 0 Å². The van der Waals surface area contributed by atoms with Crippen molar-refractivity contribution in [1.29, 1.82) is 0 Å². The fourth-order valence-electron chi connectivity index (χ4n) is 2.57. The molecule has 0 aliphatic carbocycles. The fourth-order valence-corrected chi connectivity index (χ4v) is 2.57. The van der Waals surface area contributed by atoms with Gasteiger partial charge in [0.15, 0.2) is 0 Å². The number of carbonyl (C=O) groups excluding carboxylic acids is 1. The van der Waals surface area contributed by atoms with E-state index >= 15 is 0 Å². The molecule has 0 aliphatic rings. The Hall–Kier alpha value is -3.41. The van der Waals surface area contributed by atoms with Crippen LogP contribution in [0.1, 0.15) is 27.2 Å². The highest BCUT2D eigenvalue weighted by Crippen LogP contribution is 2.19. The summed E-state index contributed by atoms with van der Waals surface area (Å²) < 4.78 is 5.15. The van der Waals surface area contributed by atoms with Crippen molar-refractivity contribution < 1.29 is 9.53 Å². The third-order valence-corrected chi connectivity index (χ3v) is 4.35. The number of hydrogen-bond donors (Lipinski definition) is 2. The van der Waals surface area contributed by atoms with E-state index in [-0.39, 0.29) is 5.91 Å². The van der Waals surface area contributed by atoms with Gasteiger partial charge in [-0.3, -0.25) is 4.79 Å². The number of ether oxygens (including phenoxy) is 1. The second-order valence-electron chi connectivity index (χ2n) is 6.17. The third-order valence-electron chi connectivity index (χ3n) is 4.35. The number of methoxy groups -OCH3 is 1. The number of aryl methyl sites for hydroxylation is 1. The Morgan fingerprint density at radius 1 is 1.07 bits per heavy atom. The van der Waals surface area contributed by atoms with E-state index in [1.165, 1.54) is 0 Å². The molecule has 0 bridgehead atoms. The summed E-state index contributed by atoms with van der Waals surface area (Å²) in [5.41, 5.74) is 4.31. The van der Waals surface area contributed by atoms with Crippen molar-refractivity contribution in [2.24, 2.45) is 0 Å². The first-order valence-electron chi connectivity index (χ1n) is 8.64. The van der Waals surface area contributed by atoms with Gasteiger partial charge in [0.05, 0.1) is 7.11 Å². The maximum Gasteiger partial charge on any atom is 0.274 e. The summed E-state index contributed by atoms with van der Waals surface area (Å²) in [7, 11) is 1.63. The molecule has 2 aromatic carbocycles. The van der Waals surface area contributed by atoms with Crippen LogP contribution in [0.25, 0.3) is 0 Å². The molecular formula is C21H22N4O2. The number of anilines is 2. The minimum atomic E-state index is -0.265. The van der Waals surface area contributed by atoms with Crippen molar-refractivity contribution in [3.63, 3.8) is 0 Å².